The predicted molar refractivity (Wildman–Crippen MR) is 363 cm³/mol. The summed E-state index contributed by atoms with van der Waals surface area (Å²) in [5, 5.41) is 10.6. The number of unbranched alkanes of at least 4 members (excludes halogenated alkanes) is 46. The van der Waals surface area contributed by atoms with E-state index >= 15 is 0 Å². The van der Waals surface area contributed by atoms with Gasteiger partial charge in [0.25, 0.3) is 0 Å². The third-order valence-electron chi connectivity index (χ3n) is 16.6. The van der Waals surface area contributed by atoms with Gasteiger partial charge in [0.1, 0.15) is 19.3 Å². The average Bonchev–Trinajstić information content (AvgIpc) is 3.45. The molecule has 0 aliphatic rings. The Bertz CT molecular complexity index is 1720. The Labute approximate surface area is 549 Å². The van der Waals surface area contributed by atoms with E-state index in [0.717, 1.165) is 109 Å². The maximum absolute atomic E-state index is 13.0. The first-order valence-corrected chi connectivity index (χ1v) is 40.3. The fourth-order valence-corrected chi connectivity index (χ4v) is 12.4. The van der Waals surface area contributed by atoms with E-state index in [1.807, 2.05) is 0 Å². The molecule has 534 valence electrons. The van der Waals surface area contributed by atoms with Crippen molar-refractivity contribution in [2.24, 2.45) is 0 Å². The smallest absolute Gasteiger partial charge is 0.462 e. The fourth-order valence-electron chi connectivity index (χ4n) is 10.9. The second-order valence-corrected chi connectivity index (χ2v) is 28.5. The molecule has 5 atom stereocenters. The average molecular weight is 1330 g/mol. The molecule has 19 heteroatoms. The number of hydrogen-bond donors (Lipinski definition) is 3. The standard InChI is InChI=1S/C71H138O17P2/c1-5-9-13-17-21-24-26-28-30-31-32-33-34-36-38-40-42-46-50-54-58-71(76)88-67(62-82-69(74)56-52-48-45-41-39-37-35-29-27-25-22-18-14-10-6-2)64-86-90(79,80)84-60-65(72)59-83-89(77,78)85-63-66(61-81-68(73)55-51-47-43-20-16-12-8-4)87-70(75)57-53-49-44-23-19-15-11-7-3/h65-67,72H,5-64H2,1-4H3,(H,77,78)(H,79,80)/t65-,66+,67+/m0/s1. The number of carbonyl (C=O) groups excluding carboxylic acids is 4. The summed E-state index contributed by atoms with van der Waals surface area (Å²) >= 11 is 0. The van der Waals surface area contributed by atoms with Crippen molar-refractivity contribution in [2.75, 3.05) is 39.6 Å². The third-order valence-corrected chi connectivity index (χ3v) is 18.5. The van der Waals surface area contributed by atoms with Crippen LogP contribution < -0.4 is 0 Å². The lowest BCUT2D eigenvalue weighted by Crippen LogP contribution is -2.30. The monoisotopic (exact) mass is 1320 g/mol. The molecule has 0 aromatic heterocycles. The van der Waals surface area contributed by atoms with Crippen LogP contribution in [0.3, 0.4) is 0 Å². The first kappa shape index (κ1) is 88.1. The Morgan fingerprint density at radius 3 is 0.656 bits per heavy atom. The largest absolute Gasteiger partial charge is 0.472 e. The second kappa shape index (κ2) is 65.7. The first-order valence-electron chi connectivity index (χ1n) is 37.3. The molecule has 0 fully saturated rings. The van der Waals surface area contributed by atoms with Crippen molar-refractivity contribution in [3.05, 3.63) is 0 Å². The lowest BCUT2D eigenvalue weighted by Gasteiger charge is -2.21. The van der Waals surface area contributed by atoms with Gasteiger partial charge in [0.2, 0.25) is 0 Å². The minimum Gasteiger partial charge on any atom is -0.462 e. The molecule has 0 aromatic rings. The molecule has 0 aromatic carbocycles. The molecule has 0 radical (unpaired) electrons. The highest BCUT2D eigenvalue weighted by Gasteiger charge is 2.30. The zero-order valence-electron chi connectivity index (χ0n) is 58.1. The van der Waals surface area contributed by atoms with E-state index in [4.69, 9.17) is 37.0 Å². The first-order chi connectivity index (χ1) is 43.7. The zero-order chi connectivity index (χ0) is 66.1. The normalized spacial score (nSPS) is 14.0. The molecule has 0 aliphatic heterocycles. The van der Waals surface area contributed by atoms with E-state index in [-0.39, 0.29) is 25.7 Å². The lowest BCUT2D eigenvalue weighted by atomic mass is 10.0. The molecule has 17 nitrogen and oxygen atoms in total. The topological polar surface area (TPSA) is 237 Å². The van der Waals surface area contributed by atoms with Crippen LogP contribution in [0.2, 0.25) is 0 Å². The fraction of sp³-hybridized carbons (Fsp3) is 0.944. The highest BCUT2D eigenvalue weighted by molar-refractivity contribution is 7.47. The van der Waals surface area contributed by atoms with Crippen LogP contribution in [-0.2, 0) is 65.4 Å². The maximum Gasteiger partial charge on any atom is 0.472 e. The number of aliphatic hydroxyl groups is 1. The van der Waals surface area contributed by atoms with Crippen molar-refractivity contribution in [3.8, 4) is 0 Å². The molecule has 0 rings (SSSR count). The summed E-state index contributed by atoms with van der Waals surface area (Å²) in [4.78, 5) is 72.3. The summed E-state index contributed by atoms with van der Waals surface area (Å²) in [5.41, 5.74) is 0. The molecule has 3 N–H and O–H groups in total. The lowest BCUT2D eigenvalue weighted by molar-refractivity contribution is -0.161. The summed E-state index contributed by atoms with van der Waals surface area (Å²) in [6.45, 7) is 4.88. The highest BCUT2D eigenvalue weighted by Crippen LogP contribution is 2.45. The predicted octanol–water partition coefficient (Wildman–Crippen LogP) is 20.7. The highest BCUT2D eigenvalue weighted by atomic mass is 31.2. The zero-order valence-corrected chi connectivity index (χ0v) is 59.9. The number of ether oxygens (including phenoxy) is 4. The minimum atomic E-state index is -4.95. The van der Waals surface area contributed by atoms with Gasteiger partial charge in [-0.15, -0.1) is 0 Å². The van der Waals surface area contributed by atoms with E-state index < -0.39 is 97.5 Å². The van der Waals surface area contributed by atoms with Crippen molar-refractivity contribution in [3.63, 3.8) is 0 Å². The maximum atomic E-state index is 13.0. The van der Waals surface area contributed by atoms with Crippen LogP contribution in [0.15, 0.2) is 0 Å². The molecule has 0 saturated carbocycles. The molecule has 0 spiro atoms. The van der Waals surface area contributed by atoms with Crippen LogP contribution in [-0.4, -0.2) is 96.7 Å². The Balaban J connectivity index is 5.14. The van der Waals surface area contributed by atoms with Gasteiger partial charge < -0.3 is 33.8 Å². The summed E-state index contributed by atoms with van der Waals surface area (Å²) in [6.07, 6.45) is 54.4. The van der Waals surface area contributed by atoms with Crippen LogP contribution in [0, 0.1) is 0 Å². The molecule has 90 heavy (non-hydrogen) atoms. The van der Waals surface area contributed by atoms with Gasteiger partial charge in [-0.1, -0.05) is 323 Å². The van der Waals surface area contributed by atoms with Crippen LogP contribution >= 0.6 is 15.6 Å². The molecule has 0 saturated heterocycles. The minimum absolute atomic E-state index is 0.105. The number of phosphoric ester groups is 2. The number of aliphatic hydroxyl groups excluding tert-OH is 1. The van der Waals surface area contributed by atoms with Gasteiger partial charge in [-0.2, -0.15) is 0 Å². The molecule has 0 amide bonds. The SMILES string of the molecule is CCCCCCCCCCCCCCCCCCCCCCC(=O)O[C@H](COC(=O)CCCCCCCCCCCCCCCCC)COP(=O)(O)OC[C@@H](O)COP(=O)(O)OC[C@@H](COC(=O)CCCCCCCCC)OC(=O)CCCCCCCCCC. The summed E-state index contributed by atoms with van der Waals surface area (Å²) in [7, 11) is -9.89. The molecule has 0 aliphatic carbocycles. The quantitative estimate of drug-likeness (QED) is 0.0222. The Hall–Kier alpha value is -1.94. The molecule has 0 heterocycles. The summed E-state index contributed by atoms with van der Waals surface area (Å²) in [5.74, 6) is -2.13. The van der Waals surface area contributed by atoms with Crippen LogP contribution in [0.1, 0.15) is 374 Å². The summed E-state index contributed by atoms with van der Waals surface area (Å²) in [6, 6.07) is 0. The third kappa shape index (κ3) is 64.8. The molecule has 2 unspecified atom stereocenters. The number of carbonyl (C=O) groups is 4. The van der Waals surface area contributed by atoms with Gasteiger partial charge in [0.05, 0.1) is 26.4 Å². The number of phosphoric acid groups is 2. The van der Waals surface area contributed by atoms with E-state index in [2.05, 4.69) is 27.7 Å². The van der Waals surface area contributed by atoms with Gasteiger partial charge in [-0.25, -0.2) is 9.13 Å². The van der Waals surface area contributed by atoms with Crippen molar-refractivity contribution < 1.29 is 80.2 Å². The van der Waals surface area contributed by atoms with Gasteiger partial charge in [-0.05, 0) is 25.7 Å². The van der Waals surface area contributed by atoms with Gasteiger partial charge in [-0.3, -0.25) is 37.3 Å². The van der Waals surface area contributed by atoms with Crippen molar-refractivity contribution in [2.45, 2.75) is 393 Å². The van der Waals surface area contributed by atoms with Crippen molar-refractivity contribution in [1.29, 1.82) is 0 Å². The molecular formula is C71H138O17P2. The molecular weight excluding hydrogens is 1190 g/mol. The Morgan fingerprint density at radius 1 is 0.267 bits per heavy atom. The Kier molecular flexibility index (Phi) is 64.3. The summed E-state index contributed by atoms with van der Waals surface area (Å²) < 4.78 is 68.1. The van der Waals surface area contributed by atoms with Gasteiger partial charge >= 0.3 is 39.5 Å². The number of hydrogen-bond acceptors (Lipinski definition) is 15. The van der Waals surface area contributed by atoms with E-state index in [1.165, 1.54) is 186 Å². The number of rotatable bonds is 72. The number of esters is 4. The van der Waals surface area contributed by atoms with Crippen LogP contribution in [0.4, 0.5) is 0 Å². The van der Waals surface area contributed by atoms with Crippen molar-refractivity contribution in [1.82, 2.24) is 0 Å². The van der Waals surface area contributed by atoms with Gasteiger partial charge in [0, 0.05) is 25.7 Å². The van der Waals surface area contributed by atoms with E-state index in [9.17, 15) is 43.2 Å². The van der Waals surface area contributed by atoms with Crippen molar-refractivity contribution >= 4 is 39.5 Å². The van der Waals surface area contributed by atoms with E-state index in [0.29, 0.717) is 25.7 Å². The van der Waals surface area contributed by atoms with Crippen LogP contribution in [0.25, 0.3) is 0 Å². The molecule has 0 bridgehead atoms. The van der Waals surface area contributed by atoms with Crippen LogP contribution in [0.5, 0.6) is 0 Å². The second-order valence-electron chi connectivity index (χ2n) is 25.6. The van der Waals surface area contributed by atoms with E-state index in [1.54, 1.807) is 0 Å². The Morgan fingerprint density at radius 2 is 0.444 bits per heavy atom. The van der Waals surface area contributed by atoms with Gasteiger partial charge in [0.15, 0.2) is 12.2 Å².